The number of nitro benzene ring substituents is 1. The van der Waals surface area contributed by atoms with E-state index in [1.54, 1.807) is 0 Å². The number of hydrogen-bond donors (Lipinski definition) is 2. The SMILES string of the molecule is Cc1cccc(NC(=S)NC(=O)c2ccc([N+](=O)[O-])cc2)c1. The average molecular weight is 315 g/mol. The average Bonchev–Trinajstić information content (AvgIpc) is 2.47. The normalized spacial score (nSPS) is 9.86. The molecule has 0 aliphatic heterocycles. The van der Waals surface area contributed by atoms with Gasteiger partial charge in [-0.15, -0.1) is 0 Å². The summed E-state index contributed by atoms with van der Waals surface area (Å²) in [7, 11) is 0. The molecule has 6 nitrogen and oxygen atoms in total. The van der Waals surface area contributed by atoms with Crippen LogP contribution in [0, 0.1) is 17.0 Å². The second-order valence-corrected chi connectivity index (χ2v) is 4.99. The highest BCUT2D eigenvalue weighted by molar-refractivity contribution is 7.80. The number of carbonyl (C=O) groups is 1. The number of rotatable bonds is 3. The zero-order valence-corrected chi connectivity index (χ0v) is 12.5. The number of aryl methyl sites for hydroxylation is 1. The molecule has 2 aromatic carbocycles. The van der Waals surface area contributed by atoms with Gasteiger partial charge in [-0.1, -0.05) is 12.1 Å². The molecule has 0 saturated carbocycles. The third kappa shape index (κ3) is 4.10. The summed E-state index contributed by atoms with van der Waals surface area (Å²) in [6, 6.07) is 12.8. The van der Waals surface area contributed by atoms with Gasteiger partial charge < -0.3 is 5.32 Å². The second kappa shape index (κ2) is 6.77. The van der Waals surface area contributed by atoms with E-state index < -0.39 is 10.8 Å². The fourth-order valence-corrected chi connectivity index (χ4v) is 2.01. The Balaban J connectivity index is 1.99. The van der Waals surface area contributed by atoms with E-state index in [-0.39, 0.29) is 10.8 Å². The summed E-state index contributed by atoms with van der Waals surface area (Å²) in [5, 5.41) is 16.2. The lowest BCUT2D eigenvalue weighted by molar-refractivity contribution is -0.384. The highest BCUT2D eigenvalue weighted by Crippen LogP contribution is 2.12. The van der Waals surface area contributed by atoms with E-state index in [1.807, 2.05) is 31.2 Å². The van der Waals surface area contributed by atoms with Crippen molar-refractivity contribution in [2.24, 2.45) is 0 Å². The molecule has 0 atom stereocenters. The van der Waals surface area contributed by atoms with Crippen LogP contribution in [0.5, 0.6) is 0 Å². The molecule has 2 aromatic rings. The van der Waals surface area contributed by atoms with Gasteiger partial charge in [0.2, 0.25) is 0 Å². The first-order chi connectivity index (χ1) is 10.5. The lowest BCUT2D eigenvalue weighted by Gasteiger charge is -2.10. The fraction of sp³-hybridized carbons (Fsp3) is 0.0667. The van der Waals surface area contributed by atoms with Crippen molar-refractivity contribution in [2.45, 2.75) is 6.92 Å². The van der Waals surface area contributed by atoms with Crippen molar-refractivity contribution < 1.29 is 9.72 Å². The number of carbonyl (C=O) groups excluding carboxylic acids is 1. The monoisotopic (exact) mass is 315 g/mol. The summed E-state index contributed by atoms with van der Waals surface area (Å²) < 4.78 is 0. The van der Waals surface area contributed by atoms with Crippen molar-refractivity contribution in [2.75, 3.05) is 5.32 Å². The van der Waals surface area contributed by atoms with E-state index in [0.29, 0.717) is 5.56 Å². The molecule has 0 heterocycles. The summed E-state index contributed by atoms with van der Waals surface area (Å²) in [5.74, 6) is -0.431. The lowest BCUT2D eigenvalue weighted by atomic mass is 10.2. The Morgan fingerprint density at radius 1 is 1.18 bits per heavy atom. The van der Waals surface area contributed by atoms with Gasteiger partial charge in [0.25, 0.3) is 11.6 Å². The molecular formula is C15H13N3O3S. The Morgan fingerprint density at radius 2 is 1.86 bits per heavy atom. The minimum atomic E-state index is -0.522. The molecule has 0 fully saturated rings. The zero-order valence-electron chi connectivity index (χ0n) is 11.7. The molecule has 0 radical (unpaired) electrons. The van der Waals surface area contributed by atoms with Crippen LogP contribution in [-0.2, 0) is 0 Å². The van der Waals surface area contributed by atoms with Crippen LogP contribution in [0.15, 0.2) is 48.5 Å². The summed E-state index contributed by atoms with van der Waals surface area (Å²) in [4.78, 5) is 22.0. The number of thiocarbonyl (C=S) groups is 1. The smallest absolute Gasteiger partial charge is 0.269 e. The first kappa shape index (κ1) is 15.6. The number of anilines is 1. The highest BCUT2D eigenvalue weighted by atomic mass is 32.1. The van der Waals surface area contributed by atoms with E-state index in [0.717, 1.165) is 11.3 Å². The molecule has 2 rings (SSSR count). The Bertz CT molecular complexity index is 729. The number of amides is 1. The lowest BCUT2D eigenvalue weighted by Crippen LogP contribution is -2.34. The molecular weight excluding hydrogens is 302 g/mol. The Morgan fingerprint density at radius 3 is 2.45 bits per heavy atom. The molecule has 0 bridgehead atoms. The first-order valence-corrected chi connectivity index (χ1v) is 6.80. The molecule has 0 aromatic heterocycles. The number of nitrogens with zero attached hydrogens (tertiary/aromatic N) is 1. The van der Waals surface area contributed by atoms with Crippen molar-refractivity contribution in [3.8, 4) is 0 Å². The standard InChI is InChI=1S/C15H13N3O3S/c1-10-3-2-4-12(9-10)16-15(22)17-14(19)11-5-7-13(8-6-11)18(20)21/h2-9H,1H3,(H2,16,17,19,22). The number of hydrogen-bond acceptors (Lipinski definition) is 4. The van der Waals surface area contributed by atoms with Crippen molar-refractivity contribution >= 4 is 34.6 Å². The minimum Gasteiger partial charge on any atom is -0.332 e. The van der Waals surface area contributed by atoms with Crippen molar-refractivity contribution in [3.05, 3.63) is 69.8 Å². The van der Waals surface area contributed by atoms with Crippen LogP contribution in [0.4, 0.5) is 11.4 Å². The molecule has 0 aliphatic carbocycles. The fourth-order valence-electron chi connectivity index (χ4n) is 1.79. The number of nitro groups is 1. The van der Waals surface area contributed by atoms with Gasteiger partial charge in [-0.3, -0.25) is 20.2 Å². The van der Waals surface area contributed by atoms with Crippen LogP contribution in [0.25, 0.3) is 0 Å². The second-order valence-electron chi connectivity index (χ2n) is 4.58. The molecule has 2 N–H and O–H groups in total. The first-order valence-electron chi connectivity index (χ1n) is 6.39. The maximum atomic E-state index is 12.0. The van der Waals surface area contributed by atoms with Gasteiger partial charge in [0.05, 0.1) is 4.92 Å². The highest BCUT2D eigenvalue weighted by Gasteiger charge is 2.10. The van der Waals surface area contributed by atoms with Crippen molar-refractivity contribution in [1.82, 2.24) is 5.32 Å². The molecule has 0 saturated heterocycles. The molecule has 112 valence electrons. The predicted molar refractivity (Wildman–Crippen MR) is 88.0 cm³/mol. The molecule has 0 spiro atoms. The van der Waals surface area contributed by atoms with Crippen LogP contribution in [0.1, 0.15) is 15.9 Å². The molecule has 0 aliphatic rings. The van der Waals surface area contributed by atoms with Gasteiger partial charge in [0.1, 0.15) is 0 Å². The number of nitrogens with one attached hydrogen (secondary N) is 2. The third-order valence-corrected chi connectivity index (χ3v) is 3.05. The van der Waals surface area contributed by atoms with E-state index in [1.165, 1.54) is 24.3 Å². The van der Waals surface area contributed by atoms with E-state index >= 15 is 0 Å². The predicted octanol–water partition coefficient (Wildman–Crippen LogP) is 3.03. The summed E-state index contributed by atoms with van der Waals surface area (Å²) in [6.07, 6.45) is 0. The topological polar surface area (TPSA) is 84.3 Å². The summed E-state index contributed by atoms with van der Waals surface area (Å²) in [6.45, 7) is 1.95. The van der Waals surface area contributed by atoms with Gasteiger partial charge in [-0.05, 0) is 49.0 Å². The Labute approximate surface area is 132 Å². The van der Waals surface area contributed by atoms with Gasteiger partial charge in [-0.2, -0.15) is 0 Å². The van der Waals surface area contributed by atoms with E-state index in [9.17, 15) is 14.9 Å². The molecule has 22 heavy (non-hydrogen) atoms. The maximum Gasteiger partial charge on any atom is 0.269 e. The van der Waals surface area contributed by atoms with Crippen molar-refractivity contribution in [1.29, 1.82) is 0 Å². The van der Waals surface area contributed by atoms with Crippen molar-refractivity contribution in [3.63, 3.8) is 0 Å². The quantitative estimate of drug-likeness (QED) is 0.517. The third-order valence-electron chi connectivity index (χ3n) is 2.84. The number of benzene rings is 2. The van der Waals surface area contributed by atoms with Gasteiger partial charge >= 0.3 is 0 Å². The molecule has 7 heteroatoms. The summed E-state index contributed by atoms with van der Waals surface area (Å²) in [5.41, 5.74) is 2.06. The van der Waals surface area contributed by atoms with Crippen LogP contribution < -0.4 is 10.6 Å². The van der Waals surface area contributed by atoms with Gasteiger partial charge in [-0.25, -0.2) is 0 Å². The van der Waals surface area contributed by atoms with Crippen LogP contribution >= 0.6 is 12.2 Å². The van der Waals surface area contributed by atoms with Gasteiger partial charge in [0, 0.05) is 23.4 Å². The zero-order chi connectivity index (χ0) is 16.1. The molecule has 1 amide bonds. The van der Waals surface area contributed by atoms with Crippen LogP contribution in [0.2, 0.25) is 0 Å². The van der Waals surface area contributed by atoms with Crippen LogP contribution in [0.3, 0.4) is 0 Å². The molecule has 0 unspecified atom stereocenters. The van der Waals surface area contributed by atoms with E-state index in [2.05, 4.69) is 10.6 Å². The Hall–Kier alpha value is -2.80. The largest absolute Gasteiger partial charge is 0.332 e. The minimum absolute atomic E-state index is 0.0722. The maximum absolute atomic E-state index is 12.0. The van der Waals surface area contributed by atoms with Crippen LogP contribution in [-0.4, -0.2) is 15.9 Å². The Kier molecular flexibility index (Phi) is 4.80. The number of non-ortho nitro benzene ring substituents is 1. The van der Waals surface area contributed by atoms with E-state index in [4.69, 9.17) is 12.2 Å². The summed E-state index contributed by atoms with van der Waals surface area (Å²) >= 11 is 5.07. The van der Waals surface area contributed by atoms with Gasteiger partial charge in [0.15, 0.2) is 5.11 Å².